The number of alkyl halides is 3. The van der Waals surface area contributed by atoms with E-state index in [9.17, 15) is 17.6 Å². The zero-order valence-corrected chi connectivity index (χ0v) is 10.0. The van der Waals surface area contributed by atoms with Crippen LogP contribution in [0.15, 0.2) is 48.5 Å². The molecule has 0 bridgehead atoms. The second kappa shape index (κ2) is 5.43. The molecule has 0 heterocycles. The number of rotatable bonds is 3. The summed E-state index contributed by atoms with van der Waals surface area (Å²) in [5, 5.41) is 0. The highest BCUT2D eigenvalue weighted by Crippen LogP contribution is 2.29. The van der Waals surface area contributed by atoms with Crippen molar-refractivity contribution in [3.8, 4) is 0 Å². The second-order valence-corrected chi connectivity index (χ2v) is 4.32. The molecule has 0 amide bonds. The Bertz CT molecular complexity index is 541. The molecule has 0 spiro atoms. The summed E-state index contributed by atoms with van der Waals surface area (Å²) in [6, 6.07) is 11.3. The predicted molar refractivity (Wildman–Crippen MR) is 65.3 cm³/mol. The number of aryl methyl sites for hydroxylation is 2. The van der Waals surface area contributed by atoms with Gasteiger partial charge in [0.1, 0.15) is 5.82 Å². The lowest BCUT2D eigenvalue weighted by Gasteiger charge is -2.08. The zero-order chi connectivity index (χ0) is 13.9. The van der Waals surface area contributed by atoms with Crippen molar-refractivity contribution in [1.29, 1.82) is 0 Å². The summed E-state index contributed by atoms with van der Waals surface area (Å²) in [5.74, 6) is -0.317. The highest BCUT2D eigenvalue weighted by Gasteiger charge is 2.30. The summed E-state index contributed by atoms with van der Waals surface area (Å²) in [6.07, 6.45) is -3.23. The van der Waals surface area contributed by atoms with Crippen LogP contribution in [0.3, 0.4) is 0 Å². The smallest absolute Gasteiger partial charge is 0.207 e. The molecule has 0 aromatic heterocycles. The Morgan fingerprint density at radius 2 is 1.42 bits per heavy atom. The lowest BCUT2D eigenvalue weighted by Crippen LogP contribution is -2.05. The Morgan fingerprint density at radius 3 is 2.05 bits per heavy atom. The van der Waals surface area contributed by atoms with E-state index < -0.39 is 11.7 Å². The van der Waals surface area contributed by atoms with Gasteiger partial charge < -0.3 is 0 Å². The average molecular weight is 268 g/mol. The molecule has 100 valence electrons. The number of halogens is 4. The van der Waals surface area contributed by atoms with Gasteiger partial charge in [-0.3, -0.25) is 0 Å². The van der Waals surface area contributed by atoms with Crippen LogP contribution in [0.5, 0.6) is 0 Å². The Labute approximate surface area is 108 Å². The lowest BCUT2D eigenvalue weighted by molar-refractivity contribution is -0.137. The van der Waals surface area contributed by atoms with Gasteiger partial charge in [-0.2, -0.15) is 13.2 Å². The first-order chi connectivity index (χ1) is 8.95. The summed E-state index contributed by atoms with van der Waals surface area (Å²) >= 11 is 0. The van der Waals surface area contributed by atoms with Crippen molar-refractivity contribution in [1.82, 2.24) is 0 Å². The van der Waals surface area contributed by atoms with E-state index >= 15 is 0 Å². The first-order valence-corrected chi connectivity index (χ1v) is 5.86. The fourth-order valence-electron chi connectivity index (χ4n) is 1.84. The van der Waals surface area contributed by atoms with Gasteiger partial charge in [-0.15, -0.1) is 0 Å². The van der Waals surface area contributed by atoms with Crippen molar-refractivity contribution < 1.29 is 17.6 Å². The van der Waals surface area contributed by atoms with Gasteiger partial charge >= 0.3 is 6.18 Å². The Hall–Kier alpha value is -1.84. The largest absolute Gasteiger partial charge is 0.416 e. The van der Waals surface area contributed by atoms with Gasteiger partial charge in [0, 0.05) is 0 Å². The van der Waals surface area contributed by atoms with Crippen LogP contribution >= 0.6 is 0 Å². The molecule has 0 aliphatic rings. The topological polar surface area (TPSA) is 0 Å². The van der Waals surface area contributed by atoms with Crippen molar-refractivity contribution >= 4 is 0 Å². The molecule has 0 nitrogen and oxygen atoms in total. The second-order valence-electron chi connectivity index (χ2n) is 4.32. The minimum atomic E-state index is -4.31. The van der Waals surface area contributed by atoms with E-state index in [0.29, 0.717) is 18.4 Å². The van der Waals surface area contributed by atoms with Crippen LogP contribution in [-0.2, 0) is 19.0 Å². The quantitative estimate of drug-likeness (QED) is 0.712. The van der Waals surface area contributed by atoms with Gasteiger partial charge in [-0.1, -0.05) is 30.3 Å². The normalized spacial score (nSPS) is 11.6. The fraction of sp³-hybridized carbons (Fsp3) is 0.200. The van der Waals surface area contributed by atoms with Crippen LogP contribution in [0.4, 0.5) is 17.6 Å². The first kappa shape index (κ1) is 13.6. The molecule has 0 aliphatic heterocycles. The van der Waals surface area contributed by atoms with Gasteiger partial charge in [-0.25, -0.2) is 4.39 Å². The maximum absolute atomic E-state index is 12.7. The number of hydrogen-bond donors (Lipinski definition) is 0. The van der Waals surface area contributed by atoms with Crippen molar-refractivity contribution in [3.63, 3.8) is 0 Å². The Balaban J connectivity index is 2.05. The highest BCUT2D eigenvalue weighted by molar-refractivity contribution is 5.27. The van der Waals surface area contributed by atoms with Gasteiger partial charge in [0.05, 0.1) is 5.56 Å². The summed E-state index contributed by atoms with van der Waals surface area (Å²) in [5.41, 5.74) is 0.891. The average Bonchev–Trinajstić information content (AvgIpc) is 2.37. The van der Waals surface area contributed by atoms with Crippen molar-refractivity contribution in [2.24, 2.45) is 0 Å². The highest BCUT2D eigenvalue weighted by atomic mass is 19.4. The maximum atomic E-state index is 12.7. The molecule has 2 aromatic carbocycles. The van der Waals surface area contributed by atoms with Crippen LogP contribution in [0, 0.1) is 5.82 Å². The Kier molecular flexibility index (Phi) is 3.88. The molecule has 0 aliphatic carbocycles. The molecule has 0 atom stereocenters. The van der Waals surface area contributed by atoms with Gasteiger partial charge in [0.15, 0.2) is 0 Å². The minimum absolute atomic E-state index is 0.317. The van der Waals surface area contributed by atoms with Crippen LogP contribution in [0.1, 0.15) is 16.7 Å². The standard InChI is InChI=1S/C15H12F4/c16-14-8-6-11(7-9-14)4-5-12-2-1-3-13(10-12)15(17,18)19/h1-3,6-10H,4-5H2. The van der Waals surface area contributed by atoms with Crippen LogP contribution in [0.25, 0.3) is 0 Å². The molecular weight excluding hydrogens is 256 g/mol. The maximum Gasteiger partial charge on any atom is 0.416 e. The molecule has 0 saturated heterocycles. The van der Waals surface area contributed by atoms with Crippen molar-refractivity contribution in [2.75, 3.05) is 0 Å². The van der Waals surface area contributed by atoms with Crippen LogP contribution in [-0.4, -0.2) is 0 Å². The summed E-state index contributed by atoms with van der Waals surface area (Å²) in [7, 11) is 0. The molecule has 0 unspecified atom stereocenters. The number of benzene rings is 2. The van der Waals surface area contributed by atoms with E-state index in [0.717, 1.165) is 17.7 Å². The molecule has 0 fully saturated rings. The lowest BCUT2D eigenvalue weighted by atomic mass is 10.0. The third-order valence-corrected chi connectivity index (χ3v) is 2.87. The third kappa shape index (κ3) is 3.81. The molecule has 19 heavy (non-hydrogen) atoms. The Morgan fingerprint density at radius 1 is 0.789 bits per heavy atom. The molecular formula is C15H12F4. The molecule has 2 rings (SSSR count). The van der Waals surface area contributed by atoms with Crippen molar-refractivity contribution in [3.05, 3.63) is 71.0 Å². The molecule has 4 heteroatoms. The monoisotopic (exact) mass is 268 g/mol. The zero-order valence-electron chi connectivity index (χ0n) is 10.0. The van der Waals surface area contributed by atoms with Crippen LogP contribution in [0.2, 0.25) is 0 Å². The number of hydrogen-bond acceptors (Lipinski definition) is 0. The molecule has 0 N–H and O–H groups in total. The van der Waals surface area contributed by atoms with Gasteiger partial charge in [-0.05, 0) is 42.2 Å². The van der Waals surface area contributed by atoms with Gasteiger partial charge in [0.2, 0.25) is 0 Å². The van der Waals surface area contributed by atoms with E-state index in [4.69, 9.17) is 0 Å². The van der Waals surface area contributed by atoms with E-state index in [2.05, 4.69) is 0 Å². The van der Waals surface area contributed by atoms with E-state index in [-0.39, 0.29) is 5.82 Å². The predicted octanol–water partition coefficient (Wildman–Crippen LogP) is 4.63. The van der Waals surface area contributed by atoms with E-state index in [1.165, 1.54) is 18.2 Å². The first-order valence-electron chi connectivity index (χ1n) is 5.86. The molecule has 0 radical (unpaired) electrons. The molecule has 0 saturated carbocycles. The summed E-state index contributed by atoms with van der Waals surface area (Å²) in [4.78, 5) is 0. The minimum Gasteiger partial charge on any atom is -0.207 e. The van der Waals surface area contributed by atoms with E-state index in [1.807, 2.05) is 0 Å². The van der Waals surface area contributed by atoms with E-state index in [1.54, 1.807) is 18.2 Å². The molecule has 2 aromatic rings. The third-order valence-electron chi connectivity index (χ3n) is 2.87. The van der Waals surface area contributed by atoms with Crippen LogP contribution < -0.4 is 0 Å². The summed E-state index contributed by atoms with van der Waals surface area (Å²) in [6.45, 7) is 0. The fourth-order valence-corrected chi connectivity index (χ4v) is 1.84. The van der Waals surface area contributed by atoms with Crippen molar-refractivity contribution in [2.45, 2.75) is 19.0 Å². The summed E-state index contributed by atoms with van der Waals surface area (Å²) < 4.78 is 50.3. The van der Waals surface area contributed by atoms with Gasteiger partial charge in [0.25, 0.3) is 0 Å². The SMILES string of the molecule is Fc1ccc(CCc2cccc(C(F)(F)F)c2)cc1.